The van der Waals surface area contributed by atoms with Crippen molar-refractivity contribution in [2.75, 3.05) is 6.16 Å². The predicted molar refractivity (Wildman–Crippen MR) is 169 cm³/mol. The first-order chi connectivity index (χ1) is 17.7. The van der Waals surface area contributed by atoms with Crippen LogP contribution >= 0.6 is 20.8 Å². The molecule has 0 saturated carbocycles. The Morgan fingerprint density at radius 3 is 1.00 bits per heavy atom. The molecule has 3 aromatic carbocycles. The summed E-state index contributed by atoms with van der Waals surface area (Å²) in [5, 5.41) is 1.59. The molecule has 0 saturated heterocycles. The quantitative estimate of drug-likeness (QED) is 0.106. The molecule has 0 fully saturated rings. The van der Waals surface area contributed by atoms with Gasteiger partial charge in [-0.1, -0.05) is 26.2 Å². The van der Waals surface area contributed by atoms with Crippen molar-refractivity contribution >= 4 is 36.7 Å². The van der Waals surface area contributed by atoms with E-state index in [2.05, 4.69) is 113 Å². The molecule has 0 aliphatic carbocycles. The van der Waals surface area contributed by atoms with Gasteiger partial charge < -0.3 is 0 Å². The van der Waals surface area contributed by atoms with Crippen LogP contribution in [-0.4, -0.2) is 6.16 Å². The fraction of sp³-hybridized carbons (Fsp3) is 0.471. The predicted octanol–water partition coefficient (Wildman–Crippen LogP) is 10.3. The summed E-state index contributed by atoms with van der Waals surface area (Å²) in [5.41, 5.74) is 0. The van der Waals surface area contributed by atoms with Gasteiger partial charge in [-0.25, -0.2) is 0 Å². The van der Waals surface area contributed by atoms with Crippen LogP contribution in [0.1, 0.15) is 96.8 Å². The summed E-state index contributed by atoms with van der Waals surface area (Å²) in [4.78, 5) is 0. The van der Waals surface area contributed by atoms with E-state index in [-0.39, 0.29) is 0 Å². The van der Waals surface area contributed by atoms with Crippen LogP contribution < -0.4 is 15.9 Å². The molecule has 36 heavy (non-hydrogen) atoms. The van der Waals surface area contributed by atoms with Crippen molar-refractivity contribution < 1.29 is 0 Å². The molecule has 0 heterocycles. The molecule has 0 atom stereocenters. The zero-order valence-corrected chi connectivity index (χ0v) is 25.1. The molecular weight excluding hydrogens is 519 g/mol. The second kappa shape index (κ2) is 15.7. The van der Waals surface area contributed by atoms with Gasteiger partial charge in [0.25, 0.3) is 0 Å². The SMILES string of the molecule is CCCCCCCCCCCCCCCCP(Br)(c1ccccc1)(c1ccccc1)c1ccccc1. The summed E-state index contributed by atoms with van der Waals surface area (Å²) in [6, 6.07) is 33.7. The van der Waals surface area contributed by atoms with E-state index in [1.165, 1.54) is 112 Å². The summed E-state index contributed by atoms with van der Waals surface area (Å²) in [6.07, 6.45) is 20.7. The Balaban J connectivity index is 1.55. The van der Waals surface area contributed by atoms with E-state index in [4.69, 9.17) is 0 Å². The maximum absolute atomic E-state index is 4.59. The van der Waals surface area contributed by atoms with E-state index in [0.29, 0.717) is 0 Å². The molecule has 3 aromatic rings. The van der Waals surface area contributed by atoms with E-state index >= 15 is 0 Å². The van der Waals surface area contributed by atoms with Gasteiger partial charge in [-0.05, 0) is 0 Å². The molecule has 0 aliphatic rings. The normalized spacial score (nSPS) is 12.8. The Morgan fingerprint density at radius 1 is 0.417 bits per heavy atom. The molecule has 0 spiro atoms. The van der Waals surface area contributed by atoms with Crippen LogP contribution in [0.25, 0.3) is 0 Å². The average molecular weight is 568 g/mol. The summed E-state index contributed by atoms with van der Waals surface area (Å²) < 4.78 is 0. The monoisotopic (exact) mass is 566 g/mol. The van der Waals surface area contributed by atoms with Crippen LogP contribution in [0.4, 0.5) is 0 Å². The average Bonchev–Trinajstić information content (AvgIpc) is 2.94. The first kappa shape index (κ1) is 29.1. The summed E-state index contributed by atoms with van der Waals surface area (Å²) in [6.45, 7) is 2.30. The molecule has 196 valence electrons. The summed E-state index contributed by atoms with van der Waals surface area (Å²) in [5.74, 6) is 0. The molecule has 0 N–H and O–H groups in total. The van der Waals surface area contributed by atoms with Gasteiger partial charge >= 0.3 is 204 Å². The molecule has 0 aromatic heterocycles. The third-order valence-corrected chi connectivity index (χ3v) is 17.8. The summed E-state index contributed by atoms with van der Waals surface area (Å²) >= 11 is 4.59. The second-order valence-corrected chi connectivity index (χ2v) is 19.6. The molecule has 0 nitrogen and oxygen atoms in total. The summed E-state index contributed by atoms with van der Waals surface area (Å²) in [7, 11) is 0. The number of benzene rings is 3. The van der Waals surface area contributed by atoms with E-state index in [1.54, 1.807) is 0 Å². The van der Waals surface area contributed by atoms with Gasteiger partial charge in [0.05, 0.1) is 0 Å². The number of unbranched alkanes of at least 4 members (excludes halogenated alkanes) is 13. The van der Waals surface area contributed by atoms with Crippen LogP contribution in [0.5, 0.6) is 0 Å². The Hall–Kier alpha value is -1.43. The van der Waals surface area contributed by atoms with Crippen LogP contribution in [0, 0.1) is 0 Å². The van der Waals surface area contributed by atoms with E-state index < -0.39 is 5.31 Å². The van der Waals surface area contributed by atoms with E-state index in [9.17, 15) is 0 Å². The van der Waals surface area contributed by atoms with Crippen molar-refractivity contribution in [3.05, 3.63) is 91.0 Å². The first-order valence-corrected chi connectivity index (χ1v) is 19.0. The third kappa shape index (κ3) is 7.79. The molecular formula is C34H48BrP. The van der Waals surface area contributed by atoms with Gasteiger partial charge in [0.1, 0.15) is 0 Å². The second-order valence-electron chi connectivity index (χ2n) is 10.5. The maximum atomic E-state index is 4.59. The van der Waals surface area contributed by atoms with Gasteiger partial charge in [-0.2, -0.15) is 0 Å². The van der Waals surface area contributed by atoms with Crippen molar-refractivity contribution in [2.24, 2.45) is 0 Å². The Bertz CT molecular complexity index is 855. The molecule has 0 unspecified atom stereocenters. The van der Waals surface area contributed by atoms with Crippen LogP contribution in [0.3, 0.4) is 0 Å². The Labute approximate surface area is 230 Å². The van der Waals surface area contributed by atoms with Crippen LogP contribution in [-0.2, 0) is 0 Å². The zero-order chi connectivity index (χ0) is 25.4. The zero-order valence-electron chi connectivity index (χ0n) is 22.6. The number of halogens is 1. The fourth-order valence-electron chi connectivity index (χ4n) is 5.65. The fourth-order valence-corrected chi connectivity index (χ4v) is 13.4. The minimum absolute atomic E-state index is 1.17. The van der Waals surface area contributed by atoms with Crippen LogP contribution in [0.15, 0.2) is 91.0 Å². The van der Waals surface area contributed by atoms with Gasteiger partial charge in [0.2, 0.25) is 0 Å². The standard InChI is InChI=1S/C34H48BrP/c1-2-3-4-5-6-7-8-9-10-11-12-13-14-24-31-36(35,32-25-18-15-19-26-32,33-27-20-16-21-28-33)34-29-22-17-23-30-34/h15-23,25-30H,2-14,24,31H2,1H3. The van der Waals surface area contributed by atoms with Gasteiger partial charge in [0.15, 0.2) is 0 Å². The van der Waals surface area contributed by atoms with Crippen molar-refractivity contribution in [2.45, 2.75) is 96.8 Å². The first-order valence-electron chi connectivity index (χ1n) is 14.6. The molecule has 0 amide bonds. The van der Waals surface area contributed by atoms with Crippen molar-refractivity contribution in [1.29, 1.82) is 0 Å². The van der Waals surface area contributed by atoms with Gasteiger partial charge in [0, 0.05) is 0 Å². The number of rotatable bonds is 18. The molecule has 0 bridgehead atoms. The van der Waals surface area contributed by atoms with Crippen molar-refractivity contribution in [3.63, 3.8) is 0 Å². The number of hydrogen-bond donors (Lipinski definition) is 0. The van der Waals surface area contributed by atoms with Gasteiger partial charge in [-0.3, -0.25) is 0 Å². The third-order valence-electron chi connectivity index (χ3n) is 7.82. The Morgan fingerprint density at radius 2 is 0.694 bits per heavy atom. The minimum atomic E-state index is -2.73. The number of hydrogen-bond acceptors (Lipinski definition) is 0. The van der Waals surface area contributed by atoms with Crippen LogP contribution in [0.2, 0.25) is 0 Å². The van der Waals surface area contributed by atoms with E-state index in [0.717, 1.165) is 0 Å². The van der Waals surface area contributed by atoms with Crippen molar-refractivity contribution in [3.8, 4) is 0 Å². The molecule has 0 aliphatic heterocycles. The topological polar surface area (TPSA) is 0 Å². The van der Waals surface area contributed by atoms with E-state index in [1.807, 2.05) is 0 Å². The Kier molecular flexibility index (Phi) is 12.7. The van der Waals surface area contributed by atoms with Crippen molar-refractivity contribution in [1.82, 2.24) is 0 Å². The molecule has 3 rings (SSSR count). The van der Waals surface area contributed by atoms with Gasteiger partial charge in [-0.15, -0.1) is 0 Å². The molecule has 0 radical (unpaired) electrons. The molecule has 2 heteroatoms.